The van der Waals surface area contributed by atoms with Gasteiger partial charge in [0.25, 0.3) is 0 Å². The van der Waals surface area contributed by atoms with E-state index in [4.69, 9.17) is 11.6 Å². The molecule has 84 valence electrons. The van der Waals surface area contributed by atoms with Crippen molar-refractivity contribution in [3.63, 3.8) is 0 Å². The fraction of sp³-hybridized carbons (Fsp3) is 0.250. The van der Waals surface area contributed by atoms with Gasteiger partial charge in [0.2, 0.25) is 0 Å². The van der Waals surface area contributed by atoms with E-state index in [-0.39, 0.29) is 5.82 Å². The summed E-state index contributed by atoms with van der Waals surface area (Å²) in [5.74, 6) is -0.313. The third-order valence-corrected chi connectivity index (χ3v) is 3.05. The molecule has 4 heteroatoms. The van der Waals surface area contributed by atoms with Crippen LogP contribution in [0.15, 0.2) is 24.5 Å². The molecule has 0 aliphatic heterocycles. The maximum absolute atomic E-state index is 12.9. The van der Waals surface area contributed by atoms with Crippen LogP contribution in [0.5, 0.6) is 0 Å². The lowest BCUT2D eigenvalue weighted by atomic mass is 10.2. The molecule has 0 saturated carbocycles. The minimum atomic E-state index is -0.313. The summed E-state index contributed by atoms with van der Waals surface area (Å²) in [5.41, 5.74) is 2.99. The first-order valence-corrected chi connectivity index (χ1v) is 5.38. The maximum Gasteiger partial charge on any atom is 0.124 e. The van der Waals surface area contributed by atoms with Crippen molar-refractivity contribution in [1.82, 2.24) is 9.55 Å². The van der Waals surface area contributed by atoms with Gasteiger partial charge in [-0.1, -0.05) is 17.7 Å². The number of halogens is 2. The van der Waals surface area contributed by atoms with Gasteiger partial charge in [-0.15, -0.1) is 0 Å². The molecule has 0 spiro atoms. The molecule has 2 rings (SSSR count). The van der Waals surface area contributed by atoms with Crippen LogP contribution in [0.25, 0.3) is 0 Å². The van der Waals surface area contributed by atoms with Crippen molar-refractivity contribution in [2.75, 3.05) is 0 Å². The second kappa shape index (κ2) is 4.26. The number of aryl methyl sites for hydroxylation is 1. The summed E-state index contributed by atoms with van der Waals surface area (Å²) < 4.78 is 14.9. The zero-order chi connectivity index (χ0) is 11.7. The Morgan fingerprint density at radius 2 is 2.12 bits per heavy atom. The van der Waals surface area contributed by atoms with E-state index in [0.29, 0.717) is 11.6 Å². The summed E-state index contributed by atoms with van der Waals surface area (Å²) in [5, 5.41) is 0.450. The van der Waals surface area contributed by atoms with Gasteiger partial charge in [-0.25, -0.2) is 9.37 Å². The molecule has 1 aromatic carbocycles. The van der Waals surface area contributed by atoms with E-state index in [1.165, 1.54) is 12.1 Å². The molecule has 0 bridgehead atoms. The quantitative estimate of drug-likeness (QED) is 0.785. The molecule has 0 atom stereocenters. The fourth-order valence-electron chi connectivity index (χ4n) is 1.54. The molecule has 0 aliphatic carbocycles. The van der Waals surface area contributed by atoms with E-state index >= 15 is 0 Å². The van der Waals surface area contributed by atoms with Gasteiger partial charge in [0, 0.05) is 10.7 Å². The molecule has 2 aromatic rings. The summed E-state index contributed by atoms with van der Waals surface area (Å²) in [7, 11) is 0. The van der Waals surface area contributed by atoms with Crippen LogP contribution in [-0.2, 0) is 6.54 Å². The highest BCUT2D eigenvalue weighted by molar-refractivity contribution is 6.31. The Morgan fingerprint density at radius 3 is 2.69 bits per heavy atom. The Labute approximate surface area is 98.7 Å². The number of benzene rings is 1. The van der Waals surface area contributed by atoms with E-state index in [2.05, 4.69) is 4.98 Å². The molecule has 1 heterocycles. The lowest BCUT2D eigenvalue weighted by Crippen LogP contribution is -2.01. The zero-order valence-electron chi connectivity index (χ0n) is 9.17. The van der Waals surface area contributed by atoms with E-state index in [9.17, 15) is 4.39 Å². The van der Waals surface area contributed by atoms with Crippen LogP contribution in [0.2, 0.25) is 5.02 Å². The normalized spacial score (nSPS) is 10.8. The molecular formula is C12H12ClFN2. The number of hydrogen-bond acceptors (Lipinski definition) is 1. The van der Waals surface area contributed by atoms with Crippen molar-refractivity contribution in [2.24, 2.45) is 0 Å². The van der Waals surface area contributed by atoms with Crippen LogP contribution in [0, 0.1) is 19.7 Å². The van der Waals surface area contributed by atoms with Gasteiger partial charge in [0.05, 0.1) is 18.6 Å². The molecule has 0 unspecified atom stereocenters. The molecule has 0 N–H and O–H groups in total. The number of rotatable bonds is 2. The summed E-state index contributed by atoms with van der Waals surface area (Å²) in [6.07, 6.45) is 1.77. The van der Waals surface area contributed by atoms with Crippen LogP contribution in [0.1, 0.15) is 17.0 Å². The highest BCUT2D eigenvalue weighted by Gasteiger charge is 2.06. The number of nitrogens with zero attached hydrogens (tertiary/aromatic N) is 2. The van der Waals surface area contributed by atoms with Crippen molar-refractivity contribution in [1.29, 1.82) is 0 Å². The van der Waals surface area contributed by atoms with E-state index in [1.54, 1.807) is 12.4 Å². The molecule has 0 amide bonds. The summed E-state index contributed by atoms with van der Waals surface area (Å²) in [6, 6.07) is 4.45. The van der Waals surface area contributed by atoms with Crippen molar-refractivity contribution >= 4 is 11.6 Å². The molecule has 0 radical (unpaired) electrons. The van der Waals surface area contributed by atoms with Crippen molar-refractivity contribution in [3.8, 4) is 0 Å². The Balaban J connectivity index is 2.30. The lowest BCUT2D eigenvalue weighted by Gasteiger charge is -2.07. The SMILES string of the molecule is Cc1ncn(Cc2ccc(F)cc2Cl)c1C. The van der Waals surface area contributed by atoms with E-state index in [0.717, 1.165) is 17.0 Å². The third-order valence-electron chi connectivity index (χ3n) is 2.70. The Kier molecular flexibility index (Phi) is 2.97. The minimum absolute atomic E-state index is 0.313. The van der Waals surface area contributed by atoms with Gasteiger partial charge in [-0.3, -0.25) is 0 Å². The molecule has 1 aromatic heterocycles. The van der Waals surface area contributed by atoms with Gasteiger partial charge in [-0.2, -0.15) is 0 Å². The molecule has 0 aliphatic rings. The first-order chi connectivity index (χ1) is 7.58. The third kappa shape index (κ3) is 2.09. The van der Waals surface area contributed by atoms with Gasteiger partial charge in [0.15, 0.2) is 0 Å². The summed E-state index contributed by atoms with van der Waals surface area (Å²) >= 11 is 5.96. The Hall–Kier alpha value is -1.35. The Bertz CT molecular complexity index is 520. The predicted molar refractivity (Wildman–Crippen MR) is 62.2 cm³/mol. The van der Waals surface area contributed by atoms with Gasteiger partial charge >= 0.3 is 0 Å². The van der Waals surface area contributed by atoms with Crippen LogP contribution in [0.3, 0.4) is 0 Å². The van der Waals surface area contributed by atoms with Gasteiger partial charge in [-0.05, 0) is 31.5 Å². The van der Waals surface area contributed by atoms with E-state index in [1.807, 2.05) is 18.4 Å². The van der Waals surface area contributed by atoms with Crippen molar-refractivity contribution in [3.05, 3.63) is 52.3 Å². The van der Waals surface area contributed by atoms with Crippen LogP contribution >= 0.6 is 11.6 Å². The van der Waals surface area contributed by atoms with Crippen LogP contribution in [0.4, 0.5) is 4.39 Å². The zero-order valence-corrected chi connectivity index (χ0v) is 9.92. The fourth-order valence-corrected chi connectivity index (χ4v) is 1.76. The molecular weight excluding hydrogens is 227 g/mol. The predicted octanol–water partition coefficient (Wildman–Crippen LogP) is 3.34. The highest BCUT2D eigenvalue weighted by atomic mass is 35.5. The monoisotopic (exact) mass is 238 g/mol. The second-order valence-electron chi connectivity index (χ2n) is 3.78. The smallest absolute Gasteiger partial charge is 0.124 e. The van der Waals surface area contributed by atoms with Crippen molar-refractivity contribution in [2.45, 2.75) is 20.4 Å². The molecule has 0 fully saturated rings. The Morgan fingerprint density at radius 1 is 1.38 bits per heavy atom. The molecule has 2 nitrogen and oxygen atoms in total. The van der Waals surface area contributed by atoms with Crippen molar-refractivity contribution < 1.29 is 4.39 Å². The first kappa shape index (κ1) is 11.1. The first-order valence-electron chi connectivity index (χ1n) is 5.00. The molecule has 16 heavy (non-hydrogen) atoms. The van der Waals surface area contributed by atoms with Gasteiger partial charge in [0.1, 0.15) is 5.82 Å². The average Bonchev–Trinajstić information content (AvgIpc) is 2.54. The topological polar surface area (TPSA) is 17.8 Å². The lowest BCUT2D eigenvalue weighted by molar-refractivity contribution is 0.626. The summed E-state index contributed by atoms with van der Waals surface area (Å²) in [4.78, 5) is 4.21. The minimum Gasteiger partial charge on any atom is -0.330 e. The number of aromatic nitrogens is 2. The summed E-state index contributed by atoms with van der Waals surface area (Å²) in [6.45, 7) is 4.57. The molecule has 0 saturated heterocycles. The van der Waals surface area contributed by atoms with Crippen LogP contribution < -0.4 is 0 Å². The van der Waals surface area contributed by atoms with E-state index < -0.39 is 0 Å². The average molecular weight is 239 g/mol. The standard InChI is InChI=1S/C12H12ClFN2/c1-8-9(2)16(7-15-8)6-10-3-4-11(14)5-12(10)13/h3-5,7H,6H2,1-2H3. The van der Waals surface area contributed by atoms with Crippen LogP contribution in [-0.4, -0.2) is 9.55 Å². The second-order valence-corrected chi connectivity index (χ2v) is 4.19. The highest BCUT2D eigenvalue weighted by Crippen LogP contribution is 2.19. The van der Waals surface area contributed by atoms with Gasteiger partial charge < -0.3 is 4.57 Å². The number of imidazole rings is 1. The number of hydrogen-bond donors (Lipinski definition) is 0. The maximum atomic E-state index is 12.9. The largest absolute Gasteiger partial charge is 0.330 e.